The van der Waals surface area contributed by atoms with Crippen LogP contribution in [0.5, 0.6) is 0 Å². The summed E-state index contributed by atoms with van der Waals surface area (Å²) in [5.74, 6) is 0.152. The number of aryl methyl sites for hydroxylation is 2. The van der Waals surface area contributed by atoms with Crippen LogP contribution < -0.4 is 11.3 Å². The highest BCUT2D eigenvalue weighted by molar-refractivity contribution is 7.18. The van der Waals surface area contributed by atoms with Crippen molar-refractivity contribution in [3.63, 3.8) is 0 Å². The molecule has 0 radical (unpaired) electrons. The van der Waals surface area contributed by atoms with E-state index in [1.165, 1.54) is 23.5 Å². The van der Waals surface area contributed by atoms with Crippen molar-refractivity contribution in [3.05, 3.63) is 66.6 Å². The van der Waals surface area contributed by atoms with Gasteiger partial charge in [-0.2, -0.15) is 0 Å². The number of amides is 1. The predicted octanol–water partition coefficient (Wildman–Crippen LogP) is 2.84. The number of carbonyl (C=O) groups is 1. The van der Waals surface area contributed by atoms with Crippen LogP contribution in [0.2, 0.25) is 0 Å². The Balaban J connectivity index is 2.04. The van der Waals surface area contributed by atoms with Gasteiger partial charge < -0.3 is 5.73 Å². The molecule has 0 aliphatic rings. The smallest absolute Gasteiger partial charge is 0.269 e. The third-order valence-electron chi connectivity index (χ3n) is 4.68. The lowest BCUT2D eigenvalue weighted by atomic mass is 10.1. The van der Waals surface area contributed by atoms with Crippen molar-refractivity contribution in [3.8, 4) is 0 Å². The number of non-ortho nitro benzene ring substituents is 1. The summed E-state index contributed by atoms with van der Waals surface area (Å²) in [6, 6.07) is 6.19. The Morgan fingerprint density at radius 1 is 1.29 bits per heavy atom. The van der Waals surface area contributed by atoms with Crippen LogP contribution in [0, 0.1) is 24.0 Å². The number of primary amides is 1. The van der Waals surface area contributed by atoms with Gasteiger partial charge in [-0.1, -0.05) is 12.1 Å². The third-order valence-corrected chi connectivity index (χ3v) is 5.78. The van der Waals surface area contributed by atoms with Crippen molar-refractivity contribution in [1.29, 1.82) is 0 Å². The number of thiophene rings is 1. The average Bonchev–Trinajstić information content (AvgIpc) is 2.92. The summed E-state index contributed by atoms with van der Waals surface area (Å²) in [5, 5.41) is 11.4. The summed E-state index contributed by atoms with van der Waals surface area (Å²) >= 11 is 1.47. The maximum atomic E-state index is 13.1. The van der Waals surface area contributed by atoms with Crippen LogP contribution in [-0.4, -0.2) is 20.4 Å². The number of carbonyl (C=O) groups excluding carboxylic acids is 1. The van der Waals surface area contributed by atoms with Crippen LogP contribution in [0.25, 0.3) is 10.2 Å². The Morgan fingerprint density at radius 3 is 2.57 bits per heavy atom. The molecule has 1 aromatic carbocycles. The van der Waals surface area contributed by atoms with Crippen molar-refractivity contribution >= 4 is 33.1 Å². The summed E-state index contributed by atoms with van der Waals surface area (Å²) < 4.78 is 1.59. The molecule has 9 heteroatoms. The summed E-state index contributed by atoms with van der Waals surface area (Å²) in [4.78, 5) is 41.0. The molecule has 0 atom stereocenters. The second-order valence-corrected chi connectivity index (χ2v) is 7.82. The molecule has 1 amide bonds. The molecule has 0 saturated carbocycles. The number of hydrogen-bond acceptors (Lipinski definition) is 6. The fourth-order valence-corrected chi connectivity index (χ4v) is 4.10. The number of nitrogens with zero attached hydrogens (tertiary/aromatic N) is 3. The van der Waals surface area contributed by atoms with Crippen molar-refractivity contribution in [1.82, 2.24) is 9.55 Å². The standard InChI is InChI=1S/C19H20N4O4S/c1-11-12(2)28-18-17(11)19(25)22(9-3-4-15(20)24)16(21-18)10-13-5-7-14(8-6-13)23(26)27/h5-8H,3-4,9-10H2,1-2H3,(H2,20,24). The van der Waals surface area contributed by atoms with E-state index in [1.54, 1.807) is 16.7 Å². The van der Waals surface area contributed by atoms with Crippen molar-refractivity contribution in [2.24, 2.45) is 5.73 Å². The molecule has 8 nitrogen and oxygen atoms in total. The number of nitrogens with two attached hydrogens (primary N) is 1. The molecule has 0 bridgehead atoms. The van der Waals surface area contributed by atoms with E-state index in [0.717, 1.165) is 16.0 Å². The lowest BCUT2D eigenvalue weighted by molar-refractivity contribution is -0.384. The normalized spacial score (nSPS) is 11.1. The van der Waals surface area contributed by atoms with Crippen LogP contribution in [0.4, 0.5) is 5.69 Å². The lowest BCUT2D eigenvalue weighted by Gasteiger charge is -2.12. The molecule has 0 fully saturated rings. The van der Waals surface area contributed by atoms with Crippen molar-refractivity contribution < 1.29 is 9.72 Å². The average molecular weight is 400 g/mol. The van der Waals surface area contributed by atoms with Crippen LogP contribution >= 0.6 is 11.3 Å². The fraction of sp³-hybridized carbons (Fsp3) is 0.316. The molecule has 146 valence electrons. The monoisotopic (exact) mass is 400 g/mol. The molecule has 2 N–H and O–H groups in total. The van der Waals surface area contributed by atoms with Crippen molar-refractivity contribution in [2.45, 2.75) is 39.7 Å². The van der Waals surface area contributed by atoms with E-state index in [-0.39, 0.29) is 17.7 Å². The maximum Gasteiger partial charge on any atom is 0.269 e. The Labute approximate surface area is 164 Å². The van der Waals surface area contributed by atoms with E-state index < -0.39 is 10.8 Å². The zero-order chi connectivity index (χ0) is 20.4. The number of aromatic nitrogens is 2. The van der Waals surface area contributed by atoms with Crippen LogP contribution in [0.1, 0.15) is 34.7 Å². The number of nitro groups is 1. The van der Waals surface area contributed by atoms with Crippen LogP contribution in [0.3, 0.4) is 0 Å². The zero-order valence-corrected chi connectivity index (χ0v) is 16.4. The van der Waals surface area contributed by atoms with E-state index in [9.17, 15) is 19.7 Å². The SMILES string of the molecule is Cc1sc2nc(Cc3ccc([N+](=O)[O-])cc3)n(CCCC(N)=O)c(=O)c2c1C. The van der Waals surface area contributed by atoms with Gasteiger partial charge in [0.25, 0.3) is 11.2 Å². The number of rotatable bonds is 7. The number of nitro benzene ring substituents is 1. The van der Waals surface area contributed by atoms with Gasteiger partial charge >= 0.3 is 0 Å². The quantitative estimate of drug-likeness (QED) is 0.483. The molecule has 0 spiro atoms. The predicted molar refractivity (Wildman–Crippen MR) is 108 cm³/mol. The molecule has 28 heavy (non-hydrogen) atoms. The van der Waals surface area contributed by atoms with Crippen LogP contribution in [-0.2, 0) is 17.8 Å². The minimum Gasteiger partial charge on any atom is -0.370 e. The molecule has 0 aliphatic heterocycles. The van der Waals surface area contributed by atoms with Gasteiger partial charge in [0.2, 0.25) is 5.91 Å². The Morgan fingerprint density at radius 2 is 1.96 bits per heavy atom. The largest absolute Gasteiger partial charge is 0.370 e. The Kier molecular flexibility index (Phi) is 5.55. The minimum absolute atomic E-state index is 0.00974. The first-order valence-corrected chi connectivity index (χ1v) is 9.60. The van der Waals surface area contributed by atoms with Gasteiger partial charge in [0, 0.05) is 36.4 Å². The summed E-state index contributed by atoms with van der Waals surface area (Å²) in [5.41, 5.74) is 6.83. The minimum atomic E-state index is -0.453. The molecule has 0 unspecified atom stereocenters. The van der Waals surface area contributed by atoms with Gasteiger partial charge in [-0.05, 0) is 31.4 Å². The fourth-order valence-electron chi connectivity index (χ4n) is 3.06. The van der Waals surface area contributed by atoms with E-state index in [0.29, 0.717) is 35.4 Å². The van der Waals surface area contributed by atoms with E-state index >= 15 is 0 Å². The van der Waals surface area contributed by atoms with Gasteiger partial charge in [0.15, 0.2) is 0 Å². The zero-order valence-electron chi connectivity index (χ0n) is 15.6. The van der Waals surface area contributed by atoms with Gasteiger partial charge in [0.05, 0.1) is 10.3 Å². The maximum absolute atomic E-state index is 13.1. The molecule has 0 saturated heterocycles. The molecular weight excluding hydrogens is 380 g/mol. The molecular formula is C19H20N4O4S. The first kappa shape index (κ1) is 19.7. The van der Waals surface area contributed by atoms with E-state index in [1.807, 2.05) is 13.8 Å². The van der Waals surface area contributed by atoms with Gasteiger partial charge in [0.1, 0.15) is 10.7 Å². The molecule has 2 aromatic heterocycles. The highest BCUT2D eigenvalue weighted by atomic mass is 32.1. The molecule has 0 aliphatic carbocycles. The highest BCUT2D eigenvalue weighted by Gasteiger charge is 2.17. The molecule has 3 aromatic rings. The first-order chi connectivity index (χ1) is 13.3. The molecule has 3 rings (SSSR count). The second kappa shape index (κ2) is 7.89. The summed E-state index contributed by atoms with van der Waals surface area (Å²) in [6.07, 6.45) is 0.983. The topological polar surface area (TPSA) is 121 Å². The first-order valence-electron chi connectivity index (χ1n) is 8.79. The highest BCUT2D eigenvalue weighted by Crippen LogP contribution is 2.27. The second-order valence-electron chi connectivity index (χ2n) is 6.62. The van der Waals surface area contributed by atoms with Crippen LogP contribution in [0.15, 0.2) is 29.1 Å². The number of fused-ring (bicyclic) bond motifs is 1. The third kappa shape index (κ3) is 3.94. The van der Waals surface area contributed by atoms with Gasteiger partial charge in [-0.3, -0.25) is 24.3 Å². The van der Waals surface area contributed by atoms with Gasteiger partial charge in [-0.15, -0.1) is 11.3 Å². The van der Waals surface area contributed by atoms with Crippen molar-refractivity contribution in [2.75, 3.05) is 0 Å². The number of benzene rings is 1. The van der Waals surface area contributed by atoms with E-state index in [4.69, 9.17) is 10.7 Å². The molecule has 2 heterocycles. The van der Waals surface area contributed by atoms with E-state index in [2.05, 4.69) is 0 Å². The Hall–Kier alpha value is -3.07. The summed E-state index contributed by atoms with van der Waals surface area (Å²) in [7, 11) is 0. The summed E-state index contributed by atoms with van der Waals surface area (Å²) in [6.45, 7) is 4.19. The number of hydrogen-bond donors (Lipinski definition) is 1. The lowest BCUT2D eigenvalue weighted by Crippen LogP contribution is -2.26. The Bertz CT molecular complexity index is 1120. The van der Waals surface area contributed by atoms with Gasteiger partial charge in [-0.25, -0.2) is 4.98 Å².